The van der Waals surface area contributed by atoms with Crippen LogP contribution in [0, 0.1) is 10.1 Å². The molecule has 0 bridgehead atoms. The number of nitro benzene ring substituents is 1. The Kier molecular flexibility index (Phi) is 4.88. The van der Waals surface area contributed by atoms with E-state index in [0.717, 1.165) is 15.8 Å². The highest BCUT2D eigenvalue weighted by molar-refractivity contribution is 5.80. The molecule has 2 heterocycles. The number of amides is 1. The number of oxazole rings is 1. The molecule has 0 aliphatic heterocycles. The molecule has 0 radical (unpaired) electrons. The molecule has 30 heavy (non-hydrogen) atoms. The molecule has 0 spiro atoms. The van der Waals surface area contributed by atoms with Crippen LogP contribution in [0.3, 0.4) is 0 Å². The fourth-order valence-electron chi connectivity index (χ4n) is 3.10. The predicted molar refractivity (Wildman–Crippen MR) is 107 cm³/mol. The summed E-state index contributed by atoms with van der Waals surface area (Å²) in [5.74, 6) is -1.06. The molecule has 4 rings (SSSR count). The van der Waals surface area contributed by atoms with Gasteiger partial charge in [-0.25, -0.2) is 9.48 Å². The first kappa shape index (κ1) is 19.1. The minimum absolute atomic E-state index is 0.0637. The van der Waals surface area contributed by atoms with E-state index >= 15 is 0 Å². The number of aromatic nitrogens is 3. The second-order valence-electron chi connectivity index (χ2n) is 6.74. The van der Waals surface area contributed by atoms with E-state index in [1.165, 1.54) is 23.1 Å². The molecule has 152 valence electrons. The Hall–Kier alpha value is -4.21. The van der Waals surface area contributed by atoms with Crippen LogP contribution >= 0.6 is 0 Å². The first-order chi connectivity index (χ1) is 14.4. The van der Waals surface area contributed by atoms with Gasteiger partial charge in [0.1, 0.15) is 6.54 Å². The van der Waals surface area contributed by atoms with Gasteiger partial charge in [0.25, 0.3) is 5.69 Å². The van der Waals surface area contributed by atoms with Crippen molar-refractivity contribution >= 4 is 22.7 Å². The number of nitrogens with zero attached hydrogens (tertiary/aromatic N) is 5. The van der Waals surface area contributed by atoms with Crippen LogP contribution in [-0.4, -0.2) is 37.1 Å². The molecule has 0 aliphatic carbocycles. The van der Waals surface area contributed by atoms with Gasteiger partial charge in [-0.3, -0.25) is 19.5 Å². The third-order valence-electron chi connectivity index (χ3n) is 4.66. The van der Waals surface area contributed by atoms with Gasteiger partial charge in [0.2, 0.25) is 5.91 Å². The summed E-state index contributed by atoms with van der Waals surface area (Å²) in [6.07, 6.45) is 3.51. The summed E-state index contributed by atoms with van der Waals surface area (Å²) in [6.45, 7) is 0.0641. The Morgan fingerprint density at radius 2 is 2.00 bits per heavy atom. The van der Waals surface area contributed by atoms with Crippen LogP contribution in [0.1, 0.15) is 5.56 Å². The molecule has 0 aliphatic rings. The Morgan fingerprint density at radius 3 is 2.73 bits per heavy atom. The van der Waals surface area contributed by atoms with E-state index in [1.54, 1.807) is 17.9 Å². The molecule has 0 N–H and O–H groups in total. The molecule has 0 saturated heterocycles. The summed E-state index contributed by atoms with van der Waals surface area (Å²) in [5, 5.41) is 15.2. The maximum Gasteiger partial charge on any atom is 0.420 e. The van der Waals surface area contributed by atoms with Crippen molar-refractivity contribution in [2.45, 2.75) is 13.1 Å². The standard InChI is InChI=1S/C20H17N5O5/c1-22(11-14-10-21-24(12-14)15-5-3-2-4-6-15)19(26)13-23-17-8-7-16(25(28)29)9-18(17)30-20(23)27/h2-10,12H,11,13H2,1H3. The average molecular weight is 407 g/mol. The summed E-state index contributed by atoms with van der Waals surface area (Å²) < 4.78 is 7.93. The van der Waals surface area contributed by atoms with Crippen LogP contribution in [0.2, 0.25) is 0 Å². The van der Waals surface area contributed by atoms with Gasteiger partial charge in [-0.15, -0.1) is 0 Å². The first-order valence-corrected chi connectivity index (χ1v) is 9.03. The van der Waals surface area contributed by atoms with E-state index in [-0.39, 0.29) is 23.7 Å². The lowest BCUT2D eigenvalue weighted by Crippen LogP contribution is -2.32. The number of para-hydroxylation sites is 1. The highest BCUT2D eigenvalue weighted by atomic mass is 16.6. The molecule has 10 heteroatoms. The molecule has 0 saturated carbocycles. The zero-order chi connectivity index (χ0) is 21.3. The molecule has 0 atom stereocenters. The zero-order valence-corrected chi connectivity index (χ0v) is 16.0. The number of likely N-dealkylation sites (N-methyl/N-ethyl adjacent to an activating group) is 1. The third kappa shape index (κ3) is 3.70. The average Bonchev–Trinajstić information content (AvgIpc) is 3.32. The van der Waals surface area contributed by atoms with Crippen molar-refractivity contribution in [1.29, 1.82) is 0 Å². The number of benzene rings is 2. The van der Waals surface area contributed by atoms with Crippen LogP contribution in [0.5, 0.6) is 0 Å². The molecule has 4 aromatic rings. The highest BCUT2D eigenvalue weighted by Crippen LogP contribution is 2.20. The number of hydrogen-bond acceptors (Lipinski definition) is 6. The lowest BCUT2D eigenvalue weighted by Gasteiger charge is -2.16. The van der Waals surface area contributed by atoms with E-state index in [2.05, 4.69) is 5.10 Å². The second kappa shape index (κ2) is 7.66. The predicted octanol–water partition coefficient (Wildman–Crippen LogP) is 2.35. The van der Waals surface area contributed by atoms with Crippen molar-refractivity contribution in [3.05, 3.63) is 87.2 Å². The normalized spacial score (nSPS) is 11.0. The maximum atomic E-state index is 12.7. The summed E-state index contributed by atoms with van der Waals surface area (Å²) >= 11 is 0. The largest absolute Gasteiger partial charge is 0.420 e. The second-order valence-corrected chi connectivity index (χ2v) is 6.74. The smallest absolute Gasteiger partial charge is 0.407 e. The quantitative estimate of drug-likeness (QED) is 0.358. The number of rotatable bonds is 6. The molecule has 0 fully saturated rings. The third-order valence-corrected chi connectivity index (χ3v) is 4.66. The van der Waals surface area contributed by atoms with Crippen molar-refractivity contribution in [3.8, 4) is 5.69 Å². The summed E-state index contributed by atoms with van der Waals surface area (Å²) in [4.78, 5) is 36.6. The summed E-state index contributed by atoms with van der Waals surface area (Å²) in [7, 11) is 1.63. The lowest BCUT2D eigenvalue weighted by molar-refractivity contribution is -0.384. The molecular formula is C20H17N5O5. The minimum atomic E-state index is -0.746. The lowest BCUT2D eigenvalue weighted by atomic mass is 10.3. The van der Waals surface area contributed by atoms with E-state index in [4.69, 9.17) is 4.42 Å². The van der Waals surface area contributed by atoms with Gasteiger partial charge in [0.15, 0.2) is 5.58 Å². The van der Waals surface area contributed by atoms with E-state index in [9.17, 15) is 19.7 Å². The van der Waals surface area contributed by atoms with Crippen molar-refractivity contribution < 1.29 is 14.1 Å². The van der Waals surface area contributed by atoms with Crippen molar-refractivity contribution in [1.82, 2.24) is 19.2 Å². The first-order valence-electron chi connectivity index (χ1n) is 9.03. The Morgan fingerprint density at radius 1 is 1.23 bits per heavy atom. The maximum absolute atomic E-state index is 12.7. The highest BCUT2D eigenvalue weighted by Gasteiger charge is 2.18. The van der Waals surface area contributed by atoms with Crippen molar-refractivity contribution in [2.24, 2.45) is 0 Å². The van der Waals surface area contributed by atoms with Gasteiger partial charge in [0.05, 0.1) is 28.4 Å². The van der Waals surface area contributed by atoms with Gasteiger partial charge < -0.3 is 9.32 Å². The molecule has 2 aromatic carbocycles. The van der Waals surface area contributed by atoms with Crippen molar-refractivity contribution in [3.63, 3.8) is 0 Å². The molecule has 2 aromatic heterocycles. The van der Waals surface area contributed by atoms with Crippen LogP contribution in [0.25, 0.3) is 16.8 Å². The van der Waals surface area contributed by atoms with Crippen LogP contribution in [0.4, 0.5) is 5.69 Å². The number of nitro groups is 1. The Labute approximate surface area is 169 Å². The number of carbonyl (C=O) groups excluding carboxylic acids is 1. The molecule has 1 amide bonds. The van der Waals surface area contributed by atoms with Gasteiger partial charge in [0, 0.05) is 31.4 Å². The Balaban J connectivity index is 1.49. The van der Waals surface area contributed by atoms with E-state index < -0.39 is 10.7 Å². The van der Waals surface area contributed by atoms with Crippen LogP contribution in [0.15, 0.2) is 70.1 Å². The minimum Gasteiger partial charge on any atom is -0.407 e. The number of hydrogen-bond donors (Lipinski definition) is 0. The fraction of sp³-hybridized carbons (Fsp3) is 0.150. The SMILES string of the molecule is CN(Cc1cnn(-c2ccccc2)c1)C(=O)Cn1c(=O)oc2cc([N+](=O)[O-])ccc21. The topological polar surface area (TPSA) is 116 Å². The molecule has 10 nitrogen and oxygen atoms in total. The van der Waals surface area contributed by atoms with Crippen LogP contribution < -0.4 is 5.76 Å². The summed E-state index contributed by atoms with van der Waals surface area (Å²) in [5.41, 5.74) is 1.93. The number of fused-ring (bicyclic) bond motifs is 1. The fourth-order valence-corrected chi connectivity index (χ4v) is 3.10. The molecule has 0 unspecified atom stereocenters. The summed E-state index contributed by atoms with van der Waals surface area (Å²) in [6, 6.07) is 13.4. The monoisotopic (exact) mass is 407 g/mol. The van der Waals surface area contributed by atoms with E-state index in [1.807, 2.05) is 36.5 Å². The van der Waals surface area contributed by atoms with Crippen LogP contribution in [-0.2, 0) is 17.9 Å². The van der Waals surface area contributed by atoms with Gasteiger partial charge in [-0.2, -0.15) is 5.10 Å². The van der Waals surface area contributed by atoms with Gasteiger partial charge in [-0.05, 0) is 18.2 Å². The zero-order valence-electron chi connectivity index (χ0n) is 16.0. The van der Waals surface area contributed by atoms with Gasteiger partial charge in [-0.1, -0.05) is 18.2 Å². The van der Waals surface area contributed by atoms with Crippen molar-refractivity contribution in [2.75, 3.05) is 7.05 Å². The van der Waals surface area contributed by atoms with Gasteiger partial charge >= 0.3 is 5.76 Å². The number of carbonyl (C=O) groups is 1. The number of non-ortho nitro benzene ring substituents is 1. The molecular weight excluding hydrogens is 390 g/mol. The Bertz CT molecular complexity index is 1290. The van der Waals surface area contributed by atoms with E-state index in [0.29, 0.717) is 12.1 Å².